The molecule has 0 unspecified atom stereocenters. The molecule has 0 atom stereocenters. The predicted molar refractivity (Wildman–Crippen MR) is 74.6 cm³/mol. The SMILES string of the molecule is CCNc1nc(N(CC#N)CC#N)nc(-n2ccnc2)n1. The number of hydrogen-bond donors (Lipinski definition) is 1. The standard InChI is InChI=1S/C12H13N9/c1-2-16-10-17-11(20(6-3-13)7-4-14)19-12(18-10)21-8-5-15-9-21/h5,8-9H,2,6-7H2,1H3,(H,16,17,18,19). The normalized spacial score (nSPS) is 9.67. The Morgan fingerprint density at radius 2 is 2.00 bits per heavy atom. The quantitative estimate of drug-likeness (QED) is 0.754. The van der Waals surface area contributed by atoms with Crippen LogP contribution in [0.1, 0.15) is 6.92 Å². The van der Waals surface area contributed by atoms with Crippen molar-refractivity contribution in [2.75, 3.05) is 29.9 Å². The lowest BCUT2D eigenvalue weighted by Gasteiger charge is -2.17. The predicted octanol–water partition coefficient (Wildman–Crippen LogP) is 0.343. The molecule has 106 valence electrons. The third kappa shape index (κ3) is 3.42. The molecule has 0 aliphatic carbocycles. The van der Waals surface area contributed by atoms with Crippen LogP contribution in [0.2, 0.25) is 0 Å². The zero-order valence-corrected chi connectivity index (χ0v) is 11.4. The fourth-order valence-corrected chi connectivity index (χ4v) is 1.59. The second kappa shape index (κ2) is 6.82. The van der Waals surface area contributed by atoms with Gasteiger partial charge in [-0.25, -0.2) is 4.98 Å². The van der Waals surface area contributed by atoms with Gasteiger partial charge >= 0.3 is 0 Å². The summed E-state index contributed by atoms with van der Waals surface area (Å²) in [4.78, 5) is 18.2. The summed E-state index contributed by atoms with van der Waals surface area (Å²) in [7, 11) is 0. The molecule has 2 aromatic rings. The summed E-state index contributed by atoms with van der Waals surface area (Å²) < 4.78 is 1.63. The average Bonchev–Trinajstić information content (AvgIpc) is 3.01. The van der Waals surface area contributed by atoms with Crippen molar-refractivity contribution in [2.45, 2.75) is 6.92 Å². The molecule has 9 heteroatoms. The fourth-order valence-electron chi connectivity index (χ4n) is 1.59. The highest BCUT2D eigenvalue weighted by Crippen LogP contribution is 2.13. The van der Waals surface area contributed by atoms with E-state index in [9.17, 15) is 0 Å². The molecule has 0 amide bonds. The van der Waals surface area contributed by atoms with Crippen molar-refractivity contribution in [3.8, 4) is 18.1 Å². The number of hydrogen-bond acceptors (Lipinski definition) is 8. The van der Waals surface area contributed by atoms with Gasteiger partial charge in [0, 0.05) is 18.9 Å². The van der Waals surface area contributed by atoms with Crippen LogP contribution in [0.5, 0.6) is 0 Å². The molecular formula is C12H13N9. The molecule has 0 fully saturated rings. The zero-order valence-electron chi connectivity index (χ0n) is 11.4. The minimum absolute atomic E-state index is 0.0203. The molecular weight excluding hydrogens is 270 g/mol. The lowest BCUT2D eigenvalue weighted by atomic mass is 10.5. The largest absolute Gasteiger partial charge is 0.354 e. The molecule has 21 heavy (non-hydrogen) atoms. The summed E-state index contributed by atoms with van der Waals surface area (Å²) in [5.74, 6) is 1.02. The number of rotatable bonds is 6. The van der Waals surface area contributed by atoms with Gasteiger partial charge in [-0.15, -0.1) is 0 Å². The van der Waals surface area contributed by atoms with E-state index in [-0.39, 0.29) is 19.0 Å². The first-order chi connectivity index (χ1) is 10.3. The minimum atomic E-state index is 0.0203. The molecule has 0 saturated heterocycles. The van der Waals surface area contributed by atoms with E-state index in [1.807, 2.05) is 19.1 Å². The Balaban J connectivity index is 2.44. The van der Waals surface area contributed by atoms with E-state index < -0.39 is 0 Å². The van der Waals surface area contributed by atoms with E-state index in [2.05, 4.69) is 25.3 Å². The van der Waals surface area contributed by atoms with E-state index in [4.69, 9.17) is 10.5 Å². The third-order valence-electron chi connectivity index (χ3n) is 2.49. The van der Waals surface area contributed by atoms with Gasteiger partial charge in [0.2, 0.25) is 17.8 Å². The minimum Gasteiger partial charge on any atom is -0.354 e. The zero-order chi connectivity index (χ0) is 15.1. The Labute approximate surface area is 121 Å². The molecule has 0 aliphatic heterocycles. The van der Waals surface area contributed by atoms with Gasteiger partial charge in [0.05, 0.1) is 12.1 Å². The summed E-state index contributed by atoms with van der Waals surface area (Å²) in [5, 5.41) is 20.7. The van der Waals surface area contributed by atoms with Crippen LogP contribution in [0.3, 0.4) is 0 Å². The lowest BCUT2D eigenvalue weighted by molar-refractivity contribution is 0.837. The van der Waals surface area contributed by atoms with Gasteiger partial charge in [0.15, 0.2) is 0 Å². The first-order valence-corrected chi connectivity index (χ1v) is 6.25. The van der Waals surface area contributed by atoms with Crippen molar-refractivity contribution in [2.24, 2.45) is 0 Å². The Morgan fingerprint density at radius 1 is 1.24 bits per heavy atom. The number of imidazole rings is 1. The van der Waals surface area contributed by atoms with Crippen LogP contribution >= 0.6 is 0 Å². The van der Waals surface area contributed by atoms with E-state index in [0.29, 0.717) is 18.4 Å². The van der Waals surface area contributed by atoms with Crippen LogP contribution in [0, 0.1) is 22.7 Å². The molecule has 0 spiro atoms. The van der Waals surface area contributed by atoms with Crippen LogP contribution in [-0.4, -0.2) is 44.1 Å². The van der Waals surface area contributed by atoms with Gasteiger partial charge in [-0.3, -0.25) is 4.57 Å². The lowest BCUT2D eigenvalue weighted by Crippen LogP contribution is -2.27. The molecule has 0 radical (unpaired) electrons. The van der Waals surface area contributed by atoms with Crippen LogP contribution in [0.25, 0.3) is 5.95 Å². The summed E-state index contributed by atoms with van der Waals surface area (Å²) in [6.45, 7) is 2.60. The fraction of sp³-hybridized carbons (Fsp3) is 0.333. The van der Waals surface area contributed by atoms with Crippen LogP contribution < -0.4 is 10.2 Å². The van der Waals surface area contributed by atoms with Gasteiger partial charge in [-0.2, -0.15) is 25.5 Å². The maximum absolute atomic E-state index is 8.85. The summed E-state index contributed by atoms with van der Waals surface area (Å²) in [6, 6.07) is 3.98. The van der Waals surface area contributed by atoms with Crippen molar-refractivity contribution in [1.29, 1.82) is 10.5 Å². The smallest absolute Gasteiger partial charge is 0.241 e. The van der Waals surface area contributed by atoms with E-state index >= 15 is 0 Å². The molecule has 0 aliphatic rings. The van der Waals surface area contributed by atoms with Crippen molar-refractivity contribution >= 4 is 11.9 Å². The second-order valence-corrected chi connectivity index (χ2v) is 3.93. The molecule has 2 heterocycles. The summed E-state index contributed by atoms with van der Waals surface area (Å²) in [6.07, 6.45) is 4.88. The number of nitrogens with zero attached hydrogens (tertiary/aromatic N) is 8. The van der Waals surface area contributed by atoms with Gasteiger partial charge in [-0.1, -0.05) is 0 Å². The Kier molecular flexibility index (Phi) is 4.62. The third-order valence-corrected chi connectivity index (χ3v) is 2.49. The topological polar surface area (TPSA) is 119 Å². The number of aromatic nitrogens is 5. The van der Waals surface area contributed by atoms with Gasteiger partial charge in [0.1, 0.15) is 19.4 Å². The van der Waals surface area contributed by atoms with E-state index in [1.54, 1.807) is 23.3 Å². The van der Waals surface area contributed by atoms with Crippen molar-refractivity contribution in [1.82, 2.24) is 24.5 Å². The average molecular weight is 283 g/mol. The van der Waals surface area contributed by atoms with Crippen LogP contribution in [0.15, 0.2) is 18.7 Å². The van der Waals surface area contributed by atoms with Crippen molar-refractivity contribution in [3.63, 3.8) is 0 Å². The number of anilines is 2. The van der Waals surface area contributed by atoms with Crippen LogP contribution in [0.4, 0.5) is 11.9 Å². The molecule has 9 nitrogen and oxygen atoms in total. The molecule has 0 bridgehead atoms. The highest BCUT2D eigenvalue weighted by atomic mass is 15.3. The summed E-state index contributed by atoms with van der Waals surface area (Å²) in [5.41, 5.74) is 0. The van der Waals surface area contributed by atoms with Crippen molar-refractivity contribution < 1.29 is 0 Å². The van der Waals surface area contributed by atoms with Crippen molar-refractivity contribution in [3.05, 3.63) is 18.7 Å². The Morgan fingerprint density at radius 3 is 2.57 bits per heavy atom. The second-order valence-electron chi connectivity index (χ2n) is 3.93. The van der Waals surface area contributed by atoms with Crippen LogP contribution in [-0.2, 0) is 0 Å². The maximum Gasteiger partial charge on any atom is 0.241 e. The molecule has 1 N–H and O–H groups in total. The molecule has 0 saturated carbocycles. The number of nitriles is 2. The Hall–Kier alpha value is -3.20. The molecule has 0 aromatic carbocycles. The maximum atomic E-state index is 8.85. The van der Waals surface area contributed by atoms with Gasteiger partial charge in [-0.05, 0) is 6.92 Å². The van der Waals surface area contributed by atoms with E-state index in [0.717, 1.165) is 0 Å². The van der Waals surface area contributed by atoms with Gasteiger partial charge < -0.3 is 10.2 Å². The number of nitrogens with one attached hydrogen (secondary N) is 1. The van der Waals surface area contributed by atoms with Gasteiger partial charge in [0.25, 0.3) is 0 Å². The first kappa shape index (κ1) is 14.2. The highest BCUT2D eigenvalue weighted by molar-refractivity contribution is 5.41. The monoisotopic (exact) mass is 283 g/mol. The Bertz CT molecular complexity index is 649. The first-order valence-electron chi connectivity index (χ1n) is 6.25. The highest BCUT2D eigenvalue weighted by Gasteiger charge is 2.14. The molecule has 2 rings (SSSR count). The van der Waals surface area contributed by atoms with E-state index in [1.165, 1.54) is 4.90 Å². The molecule has 2 aromatic heterocycles. The summed E-state index contributed by atoms with van der Waals surface area (Å²) >= 11 is 0.